The Labute approximate surface area is 404 Å². The molecule has 0 radical (unpaired) electrons. The van der Waals surface area contributed by atoms with Crippen LogP contribution in [0.4, 0.5) is 0 Å². The van der Waals surface area contributed by atoms with Crippen LogP contribution in [0.1, 0.15) is 348 Å². The molecule has 0 heterocycles. The van der Waals surface area contributed by atoms with Crippen molar-refractivity contribution in [2.75, 3.05) is 13.2 Å². The predicted octanol–water partition coefficient (Wildman–Crippen LogP) is 22.8. The molecule has 2 nitrogen and oxygen atoms in total. The average molecular weight is 896 g/mol. The van der Waals surface area contributed by atoms with Gasteiger partial charge in [-0.1, -0.05) is 341 Å². The second kappa shape index (κ2) is 54.4. The molecular formula is C62H118O2. The number of unbranched alkanes of at least 4 members (excludes halogenated alkanes) is 50. The van der Waals surface area contributed by atoms with E-state index in [1.54, 1.807) is 0 Å². The quantitative estimate of drug-likeness (QED) is 0.0607. The normalized spacial score (nSPS) is 11.5. The van der Waals surface area contributed by atoms with E-state index in [4.69, 9.17) is 9.47 Å². The monoisotopic (exact) mass is 895 g/mol. The molecule has 0 bridgehead atoms. The zero-order valence-corrected chi connectivity index (χ0v) is 44.3. The van der Waals surface area contributed by atoms with Crippen molar-refractivity contribution in [3.8, 4) is 11.5 Å². The molecule has 0 N–H and O–H groups in total. The van der Waals surface area contributed by atoms with E-state index in [0.717, 1.165) is 37.6 Å². The van der Waals surface area contributed by atoms with Crippen LogP contribution in [0.3, 0.4) is 0 Å². The molecule has 0 aliphatic rings. The van der Waals surface area contributed by atoms with E-state index in [1.165, 1.54) is 321 Å². The maximum atomic E-state index is 6.08. The highest BCUT2D eigenvalue weighted by atomic mass is 16.5. The van der Waals surface area contributed by atoms with Gasteiger partial charge in [0, 0.05) is 6.07 Å². The molecular weight excluding hydrogens is 777 g/mol. The largest absolute Gasteiger partial charge is 0.493 e. The van der Waals surface area contributed by atoms with Crippen molar-refractivity contribution in [2.45, 2.75) is 348 Å². The fourth-order valence-corrected chi connectivity index (χ4v) is 9.87. The first kappa shape index (κ1) is 60.8. The van der Waals surface area contributed by atoms with Crippen molar-refractivity contribution in [3.05, 3.63) is 24.3 Å². The Kier molecular flexibility index (Phi) is 51.7. The van der Waals surface area contributed by atoms with Crippen LogP contribution in [0.5, 0.6) is 11.5 Å². The van der Waals surface area contributed by atoms with Crippen LogP contribution in [0, 0.1) is 0 Å². The minimum atomic E-state index is 0.822. The number of rotatable bonds is 56. The van der Waals surface area contributed by atoms with E-state index in [-0.39, 0.29) is 0 Å². The molecule has 378 valence electrons. The van der Waals surface area contributed by atoms with Gasteiger partial charge in [-0.15, -0.1) is 0 Å². The van der Waals surface area contributed by atoms with Gasteiger partial charge in [-0.3, -0.25) is 0 Å². The number of hydrogen-bond donors (Lipinski definition) is 0. The minimum absolute atomic E-state index is 0.822. The lowest BCUT2D eigenvalue weighted by atomic mass is 10.0. The molecule has 0 saturated heterocycles. The number of ether oxygens (including phenoxy) is 2. The smallest absolute Gasteiger partial charge is 0.122 e. The summed E-state index contributed by atoms with van der Waals surface area (Å²) in [5, 5.41) is 0. The highest BCUT2D eigenvalue weighted by Gasteiger charge is 2.02. The third-order valence-electron chi connectivity index (χ3n) is 14.3. The van der Waals surface area contributed by atoms with E-state index in [0.29, 0.717) is 0 Å². The van der Waals surface area contributed by atoms with Crippen LogP contribution in [-0.4, -0.2) is 13.2 Å². The van der Waals surface area contributed by atoms with Crippen molar-refractivity contribution in [1.82, 2.24) is 0 Å². The summed E-state index contributed by atoms with van der Waals surface area (Å²) in [5.74, 6) is 1.92. The summed E-state index contributed by atoms with van der Waals surface area (Å²) in [5.41, 5.74) is 0. The van der Waals surface area contributed by atoms with E-state index in [9.17, 15) is 0 Å². The summed E-state index contributed by atoms with van der Waals surface area (Å²) in [4.78, 5) is 0. The minimum Gasteiger partial charge on any atom is -0.493 e. The molecule has 1 rings (SSSR count). The van der Waals surface area contributed by atoms with Crippen molar-refractivity contribution in [1.29, 1.82) is 0 Å². The van der Waals surface area contributed by atoms with Crippen LogP contribution in [-0.2, 0) is 0 Å². The van der Waals surface area contributed by atoms with Crippen molar-refractivity contribution < 1.29 is 9.47 Å². The first-order valence-electron chi connectivity index (χ1n) is 30.2. The molecule has 2 heteroatoms. The Morgan fingerprint density at radius 3 is 0.547 bits per heavy atom. The first-order chi connectivity index (χ1) is 31.9. The Hall–Kier alpha value is -1.18. The Balaban J connectivity index is 1.74. The molecule has 0 unspecified atom stereocenters. The van der Waals surface area contributed by atoms with E-state index < -0.39 is 0 Å². The van der Waals surface area contributed by atoms with Crippen molar-refractivity contribution in [3.63, 3.8) is 0 Å². The first-order valence-corrected chi connectivity index (χ1v) is 30.2. The molecule has 0 aromatic heterocycles. The van der Waals surface area contributed by atoms with E-state index >= 15 is 0 Å². The van der Waals surface area contributed by atoms with Crippen LogP contribution in [0.2, 0.25) is 0 Å². The zero-order valence-electron chi connectivity index (χ0n) is 44.3. The zero-order chi connectivity index (χ0) is 45.6. The average Bonchev–Trinajstić information content (AvgIpc) is 3.31. The van der Waals surface area contributed by atoms with Gasteiger partial charge in [0.25, 0.3) is 0 Å². The topological polar surface area (TPSA) is 18.5 Å². The van der Waals surface area contributed by atoms with Crippen molar-refractivity contribution >= 4 is 0 Å². The molecule has 1 aromatic carbocycles. The lowest BCUT2D eigenvalue weighted by molar-refractivity contribution is 0.289. The summed E-state index contributed by atoms with van der Waals surface area (Å²) in [7, 11) is 0. The molecule has 0 saturated carbocycles. The standard InChI is InChI=1S/C62H118O2/c1-3-5-7-9-11-13-15-17-19-21-23-25-27-29-31-33-35-37-39-41-43-45-47-49-51-53-58-63-61-56-55-57-62(60-61)64-59-54-52-50-48-46-44-42-40-38-36-34-32-30-28-26-24-22-20-18-16-14-12-10-8-6-4-2/h55-57,60H,3-54,58-59H2,1-2H3. The number of hydrogen-bond acceptors (Lipinski definition) is 2. The van der Waals surface area contributed by atoms with Crippen LogP contribution in [0.15, 0.2) is 24.3 Å². The van der Waals surface area contributed by atoms with Crippen molar-refractivity contribution in [2.24, 2.45) is 0 Å². The second-order valence-corrected chi connectivity index (χ2v) is 20.8. The van der Waals surface area contributed by atoms with Crippen LogP contribution >= 0.6 is 0 Å². The van der Waals surface area contributed by atoms with Gasteiger partial charge < -0.3 is 9.47 Å². The van der Waals surface area contributed by atoms with Gasteiger partial charge in [0.1, 0.15) is 11.5 Å². The Bertz CT molecular complexity index is 900. The van der Waals surface area contributed by atoms with Gasteiger partial charge in [-0.25, -0.2) is 0 Å². The third-order valence-corrected chi connectivity index (χ3v) is 14.3. The highest BCUT2D eigenvalue weighted by molar-refractivity contribution is 5.32. The van der Waals surface area contributed by atoms with Gasteiger partial charge in [0.05, 0.1) is 13.2 Å². The Morgan fingerprint density at radius 1 is 0.219 bits per heavy atom. The van der Waals surface area contributed by atoms with E-state index in [2.05, 4.69) is 38.1 Å². The summed E-state index contributed by atoms with van der Waals surface area (Å²) in [6.07, 6.45) is 74.7. The van der Waals surface area contributed by atoms with E-state index in [1.807, 2.05) is 0 Å². The summed E-state index contributed by atoms with van der Waals surface area (Å²) >= 11 is 0. The highest BCUT2D eigenvalue weighted by Crippen LogP contribution is 2.22. The second-order valence-electron chi connectivity index (χ2n) is 20.8. The maximum absolute atomic E-state index is 6.08. The molecule has 0 aliphatic heterocycles. The predicted molar refractivity (Wildman–Crippen MR) is 289 cm³/mol. The molecule has 1 aromatic rings. The third kappa shape index (κ3) is 48.7. The lowest BCUT2D eigenvalue weighted by Crippen LogP contribution is -2.00. The lowest BCUT2D eigenvalue weighted by Gasteiger charge is -2.10. The summed E-state index contributed by atoms with van der Waals surface area (Å²) < 4.78 is 12.2. The maximum Gasteiger partial charge on any atom is 0.122 e. The molecule has 0 aliphatic carbocycles. The fraction of sp³-hybridized carbons (Fsp3) is 0.903. The van der Waals surface area contributed by atoms with Gasteiger partial charge in [-0.05, 0) is 25.0 Å². The summed E-state index contributed by atoms with van der Waals surface area (Å²) in [6, 6.07) is 8.32. The molecule has 0 atom stereocenters. The van der Waals surface area contributed by atoms with Gasteiger partial charge in [-0.2, -0.15) is 0 Å². The molecule has 0 fully saturated rings. The van der Waals surface area contributed by atoms with Gasteiger partial charge >= 0.3 is 0 Å². The fourth-order valence-electron chi connectivity index (χ4n) is 9.87. The number of benzene rings is 1. The summed E-state index contributed by atoms with van der Waals surface area (Å²) in [6.45, 7) is 6.26. The molecule has 64 heavy (non-hydrogen) atoms. The van der Waals surface area contributed by atoms with Gasteiger partial charge in [0.2, 0.25) is 0 Å². The molecule has 0 amide bonds. The Morgan fingerprint density at radius 2 is 0.375 bits per heavy atom. The van der Waals surface area contributed by atoms with Gasteiger partial charge in [0.15, 0.2) is 0 Å². The van der Waals surface area contributed by atoms with Crippen LogP contribution in [0.25, 0.3) is 0 Å². The van der Waals surface area contributed by atoms with Crippen LogP contribution < -0.4 is 9.47 Å². The molecule has 0 spiro atoms. The SMILES string of the molecule is CCCCCCCCCCCCCCCCCCCCCCCCCCCCOc1cccc(OCCCCCCCCCCCCCCCCCCCCCCCCCCCC)c1.